The molecule has 4 rings (SSSR count). The van der Waals surface area contributed by atoms with Gasteiger partial charge in [-0.1, -0.05) is 13.8 Å². The molecule has 174 valence electrons. The average Bonchev–Trinajstić information content (AvgIpc) is 3.24. The molecule has 0 spiro atoms. The van der Waals surface area contributed by atoms with Gasteiger partial charge in [-0.2, -0.15) is 27.1 Å². The van der Waals surface area contributed by atoms with Gasteiger partial charge in [-0.25, -0.2) is 18.4 Å². The average molecular weight is 477 g/mol. The molecule has 1 unspecified atom stereocenters. The number of rotatable bonds is 4. The molecular formula is C19H20F5N5O2S. The third kappa shape index (κ3) is 3.37. The Morgan fingerprint density at radius 2 is 1.91 bits per heavy atom. The van der Waals surface area contributed by atoms with Gasteiger partial charge in [0, 0.05) is 19.8 Å². The summed E-state index contributed by atoms with van der Waals surface area (Å²) in [6.45, 7) is 4.02. The van der Waals surface area contributed by atoms with Gasteiger partial charge >= 0.3 is 12.1 Å². The lowest BCUT2D eigenvalue weighted by Crippen LogP contribution is -2.33. The zero-order valence-corrected chi connectivity index (χ0v) is 18.2. The summed E-state index contributed by atoms with van der Waals surface area (Å²) >= 11 is 0. The number of nitrogens with zero attached hydrogens (tertiary/aromatic N) is 5. The van der Waals surface area contributed by atoms with Crippen LogP contribution in [-0.2, 0) is 35.8 Å². The van der Waals surface area contributed by atoms with Crippen molar-refractivity contribution in [2.75, 3.05) is 5.75 Å². The van der Waals surface area contributed by atoms with Crippen molar-refractivity contribution in [2.45, 2.75) is 50.2 Å². The van der Waals surface area contributed by atoms with E-state index in [1.54, 1.807) is 4.68 Å². The minimum Gasteiger partial charge on any atom is -0.310 e. The van der Waals surface area contributed by atoms with Crippen LogP contribution in [0, 0.1) is 5.92 Å². The van der Waals surface area contributed by atoms with Crippen molar-refractivity contribution in [3.8, 4) is 11.5 Å². The second kappa shape index (κ2) is 7.22. The van der Waals surface area contributed by atoms with Gasteiger partial charge in [0.25, 0.3) is 0 Å². The molecule has 0 saturated heterocycles. The highest BCUT2D eigenvalue weighted by atomic mass is 32.2. The van der Waals surface area contributed by atoms with Crippen LogP contribution in [0.5, 0.6) is 0 Å². The van der Waals surface area contributed by atoms with Crippen molar-refractivity contribution in [1.29, 1.82) is 0 Å². The molecule has 0 N–H and O–H groups in total. The van der Waals surface area contributed by atoms with E-state index in [0.717, 1.165) is 6.42 Å². The van der Waals surface area contributed by atoms with Crippen molar-refractivity contribution in [1.82, 2.24) is 24.3 Å². The van der Waals surface area contributed by atoms with Crippen molar-refractivity contribution in [2.24, 2.45) is 13.0 Å². The molecule has 1 aliphatic heterocycles. The fourth-order valence-electron chi connectivity index (χ4n) is 3.88. The molecule has 0 radical (unpaired) electrons. The smallest absolute Gasteiger partial charge is 0.310 e. The third-order valence-corrected chi connectivity index (χ3v) is 7.51. The number of aromatic nitrogens is 5. The maximum atomic E-state index is 13.8. The number of sulfone groups is 1. The van der Waals surface area contributed by atoms with Gasteiger partial charge in [0.15, 0.2) is 21.3 Å². The number of aryl methyl sites for hydroxylation is 1. The molecule has 0 aromatic carbocycles. The van der Waals surface area contributed by atoms with E-state index in [4.69, 9.17) is 0 Å². The number of hydrogen-bond donors (Lipinski definition) is 0. The molecule has 0 amide bonds. The van der Waals surface area contributed by atoms with Crippen molar-refractivity contribution in [3.05, 3.63) is 23.5 Å². The summed E-state index contributed by atoms with van der Waals surface area (Å²) in [7, 11) is -2.25. The number of hydrogen-bond acceptors (Lipinski definition) is 5. The molecule has 32 heavy (non-hydrogen) atoms. The first-order valence-electron chi connectivity index (χ1n) is 9.88. The van der Waals surface area contributed by atoms with E-state index in [1.807, 2.05) is 6.92 Å². The van der Waals surface area contributed by atoms with Crippen LogP contribution < -0.4 is 0 Å². The molecule has 1 aliphatic rings. The maximum Gasteiger partial charge on any atom is 0.458 e. The normalized spacial score (nSPS) is 17.7. The topological polar surface area (TPSA) is 82.7 Å². The van der Waals surface area contributed by atoms with Gasteiger partial charge in [-0.05, 0) is 24.8 Å². The summed E-state index contributed by atoms with van der Waals surface area (Å²) in [4.78, 5) is 7.94. The summed E-state index contributed by atoms with van der Waals surface area (Å²) < 4.78 is 94.6. The third-order valence-electron chi connectivity index (χ3n) is 5.70. The molecular weight excluding hydrogens is 457 g/mol. The second-order valence-corrected chi connectivity index (χ2v) is 10.2. The Labute approximate surface area is 180 Å². The van der Waals surface area contributed by atoms with Crippen molar-refractivity contribution < 1.29 is 30.4 Å². The summed E-state index contributed by atoms with van der Waals surface area (Å²) in [5, 5.41) is 4.45. The molecule has 13 heteroatoms. The summed E-state index contributed by atoms with van der Waals surface area (Å²) in [6.07, 6.45) is -4.07. The fourth-order valence-corrected chi connectivity index (χ4v) is 5.17. The zero-order valence-electron chi connectivity index (χ0n) is 17.4. The second-order valence-electron chi connectivity index (χ2n) is 7.99. The highest BCUT2D eigenvalue weighted by Gasteiger charge is 2.59. The zero-order chi connectivity index (χ0) is 23.6. The van der Waals surface area contributed by atoms with Crippen LogP contribution in [0.4, 0.5) is 22.0 Å². The Bertz CT molecular complexity index is 1310. The Hall–Kier alpha value is -2.57. The van der Waals surface area contributed by atoms with E-state index in [0.29, 0.717) is 30.9 Å². The van der Waals surface area contributed by atoms with E-state index in [2.05, 4.69) is 15.1 Å². The van der Waals surface area contributed by atoms with E-state index in [9.17, 15) is 30.4 Å². The van der Waals surface area contributed by atoms with E-state index in [-0.39, 0.29) is 39.2 Å². The Morgan fingerprint density at radius 3 is 2.53 bits per heavy atom. The maximum absolute atomic E-state index is 13.8. The molecule has 0 saturated carbocycles. The minimum absolute atomic E-state index is 0.0196. The monoisotopic (exact) mass is 477 g/mol. The number of imidazole rings is 1. The first-order chi connectivity index (χ1) is 14.8. The van der Waals surface area contributed by atoms with Gasteiger partial charge < -0.3 is 4.57 Å². The van der Waals surface area contributed by atoms with Crippen LogP contribution in [0.1, 0.15) is 31.5 Å². The number of fused-ring (bicyclic) bond motifs is 2. The standard InChI is InChI=1S/C19H20F5N5O2S/c1-4-32(30,31)15-13-6-5-10(2)9-29(13)27-14(15)17-26-12-7-11(8-25-16(12)28(17)3)18(20,21)19(22,23)24/h7-8,10H,4-6,9H2,1-3H3. The largest absolute Gasteiger partial charge is 0.458 e. The summed E-state index contributed by atoms with van der Waals surface area (Å²) in [6, 6.07) is 0.616. The molecule has 0 aliphatic carbocycles. The fraction of sp³-hybridized carbons (Fsp3) is 0.526. The van der Waals surface area contributed by atoms with Gasteiger partial charge in [0.1, 0.15) is 16.1 Å². The van der Waals surface area contributed by atoms with Crippen LogP contribution in [0.25, 0.3) is 22.7 Å². The van der Waals surface area contributed by atoms with Crippen molar-refractivity contribution >= 4 is 21.0 Å². The van der Waals surface area contributed by atoms with Gasteiger partial charge in [0.05, 0.1) is 17.0 Å². The lowest BCUT2D eigenvalue weighted by molar-refractivity contribution is -0.289. The molecule has 3 aromatic rings. The lowest BCUT2D eigenvalue weighted by atomic mass is 10.0. The minimum atomic E-state index is -5.79. The first kappa shape index (κ1) is 22.6. The van der Waals surface area contributed by atoms with Crippen LogP contribution in [0.2, 0.25) is 0 Å². The highest BCUT2D eigenvalue weighted by molar-refractivity contribution is 7.91. The number of alkyl halides is 5. The molecule has 0 bridgehead atoms. The van der Waals surface area contributed by atoms with E-state index in [1.165, 1.54) is 18.5 Å². The van der Waals surface area contributed by atoms with Crippen LogP contribution >= 0.6 is 0 Å². The van der Waals surface area contributed by atoms with Gasteiger partial charge in [0.2, 0.25) is 0 Å². The first-order valence-corrected chi connectivity index (χ1v) is 11.5. The Kier molecular flexibility index (Phi) is 5.10. The molecule has 0 fully saturated rings. The van der Waals surface area contributed by atoms with E-state index < -0.39 is 27.5 Å². The molecule has 4 heterocycles. The van der Waals surface area contributed by atoms with E-state index >= 15 is 0 Å². The van der Waals surface area contributed by atoms with Crippen LogP contribution in [-0.4, -0.2) is 44.7 Å². The molecule has 3 aromatic heterocycles. The highest BCUT2D eigenvalue weighted by Crippen LogP contribution is 2.44. The van der Waals surface area contributed by atoms with Crippen molar-refractivity contribution in [3.63, 3.8) is 0 Å². The SMILES string of the molecule is CCS(=O)(=O)c1c(-c2nc3cc(C(F)(F)C(F)(F)F)cnc3n2C)nn2c1CCC(C)C2. The van der Waals surface area contributed by atoms with Crippen LogP contribution in [0.3, 0.4) is 0 Å². The summed E-state index contributed by atoms with van der Waals surface area (Å²) in [5.41, 5.74) is -0.949. The molecule has 7 nitrogen and oxygen atoms in total. The quantitative estimate of drug-likeness (QED) is 0.533. The Morgan fingerprint density at radius 1 is 1.22 bits per heavy atom. The Balaban J connectivity index is 1.94. The van der Waals surface area contributed by atoms with Crippen LogP contribution in [0.15, 0.2) is 17.2 Å². The number of pyridine rings is 1. The van der Waals surface area contributed by atoms with Gasteiger partial charge in [-0.15, -0.1) is 0 Å². The number of halogens is 5. The molecule has 1 atom stereocenters. The predicted molar refractivity (Wildman–Crippen MR) is 105 cm³/mol. The summed E-state index contributed by atoms with van der Waals surface area (Å²) in [5.74, 6) is -4.98. The predicted octanol–water partition coefficient (Wildman–Crippen LogP) is 3.86. The lowest BCUT2D eigenvalue weighted by Gasteiger charge is -2.20. The van der Waals surface area contributed by atoms with Gasteiger partial charge in [-0.3, -0.25) is 4.68 Å².